The highest BCUT2D eigenvalue weighted by molar-refractivity contribution is 5.72. The highest BCUT2D eigenvalue weighted by Crippen LogP contribution is 2.44. The van der Waals surface area contributed by atoms with Gasteiger partial charge >= 0.3 is 0 Å². The van der Waals surface area contributed by atoms with Crippen molar-refractivity contribution in [3.05, 3.63) is 378 Å². The number of benzene rings is 8. The summed E-state index contributed by atoms with van der Waals surface area (Å²) in [6.07, 6.45) is 33.8. The van der Waals surface area contributed by atoms with Crippen LogP contribution in [0.4, 0.5) is 35.1 Å². The first-order chi connectivity index (χ1) is 64.4. The second-order valence-corrected chi connectivity index (χ2v) is 34.1. The third-order valence-electron chi connectivity index (χ3n) is 24.2. The largest absolute Gasteiger partial charge is 0.377 e. The average molecular weight is 1810 g/mol. The molecular weight excluding hydrogens is 1720 g/mol. The van der Waals surface area contributed by atoms with Crippen LogP contribution in [0.2, 0.25) is 0 Å². The first-order valence-electron chi connectivity index (χ1n) is 43.5. The minimum absolute atomic E-state index is 0.143. The Morgan fingerprint density at radius 2 is 0.530 bits per heavy atom. The second-order valence-electron chi connectivity index (χ2n) is 34.1. The SMILES string of the molecule is Cc1cn(-c2ccc(/C=C/c3nc4n(n3)CCC[C@@]4(C#N)c3cc(F)cc(F)c3)cc2C)cn1.Cc1cn(-c2ccc(/C=C/c3nc4n(n3)CCC[C@@]4(O)c3cc(F)cc(F)c3)cc2C)cn1.Cc1cn(-c2ccc(/C=C/c3nc4n(n3)CCC[C@]4(C#N)c3cc(F)cc(F)c3)cc2C)cn1.Cc1cn(-c2ccc(/C=C/c3nc4n(n3)CCC[C@]4(O)c3cc(F)cc(F)c3)cc2C)cn1. The molecule has 4 aliphatic heterocycles. The quantitative estimate of drug-likeness (QED) is 0.0850. The van der Waals surface area contributed by atoms with Crippen LogP contribution in [0.25, 0.3) is 71.4 Å². The number of hydrogen-bond donors (Lipinski definition) is 2. The molecule has 0 fully saturated rings. The van der Waals surface area contributed by atoms with Crippen LogP contribution in [0.1, 0.15) is 187 Å². The van der Waals surface area contributed by atoms with E-state index >= 15 is 0 Å². The van der Waals surface area contributed by atoms with E-state index in [0.29, 0.717) is 124 Å². The van der Waals surface area contributed by atoms with Crippen LogP contribution in [0.5, 0.6) is 0 Å². The smallest absolute Gasteiger partial charge is 0.174 e. The van der Waals surface area contributed by atoms with Gasteiger partial charge in [0.05, 0.1) is 60.2 Å². The van der Waals surface area contributed by atoms with E-state index < -0.39 is 68.6 Å². The summed E-state index contributed by atoms with van der Waals surface area (Å²) in [6, 6.07) is 41.5. The van der Waals surface area contributed by atoms with Gasteiger partial charge in [0.25, 0.3) is 0 Å². The molecule has 16 aromatic rings. The molecule has 4 atom stereocenters. The fourth-order valence-electron chi connectivity index (χ4n) is 17.8. The highest BCUT2D eigenvalue weighted by Gasteiger charge is 2.46. The molecule has 32 heteroatoms. The zero-order valence-electron chi connectivity index (χ0n) is 74.3. The molecule has 12 heterocycles. The van der Waals surface area contributed by atoms with Crippen molar-refractivity contribution in [3.8, 4) is 34.9 Å². The number of hydrogen-bond acceptors (Lipinski definition) is 16. The van der Waals surface area contributed by atoms with Crippen molar-refractivity contribution in [2.45, 2.75) is 155 Å². The Hall–Kier alpha value is -15.5. The van der Waals surface area contributed by atoms with E-state index in [1.165, 1.54) is 24.3 Å². The maximum atomic E-state index is 13.9. The van der Waals surface area contributed by atoms with Crippen LogP contribution in [-0.4, -0.2) is 107 Å². The number of nitrogens with zero attached hydrogens (tertiary/aromatic N) is 22. The van der Waals surface area contributed by atoms with E-state index in [1.54, 1.807) is 68.3 Å². The number of imidazole rings is 4. The summed E-state index contributed by atoms with van der Waals surface area (Å²) in [5.74, 6) is -2.67. The summed E-state index contributed by atoms with van der Waals surface area (Å²) in [5.41, 5.74) is 11.4. The maximum absolute atomic E-state index is 13.9. The lowest BCUT2D eigenvalue weighted by Gasteiger charge is -2.31. The minimum atomic E-state index is -1.60. The second kappa shape index (κ2) is 37.4. The van der Waals surface area contributed by atoms with Gasteiger partial charge in [-0.05, 0) is 295 Å². The van der Waals surface area contributed by atoms with Gasteiger partial charge in [-0.3, -0.25) is 0 Å². The third-order valence-corrected chi connectivity index (χ3v) is 24.2. The van der Waals surface area contributed by atoms with Gasteiger partial charge in [-0.2, -0.15) is 30.9 Å². The highest BCUT2D eigenvalue weighted by atomic mass is 19.2. The first-order valence-corrected chi connectivity index (χ1v) is 43.5. The third kappa shape index (κ3) is 18.9. The molecule has 0 saturated carbocycles. The van der Waals surface area contributed by atoms with Gasteiger partial charge in [-0.15, -0.1) is 0 Å². The molecule has 0 aliphatic carbocycles. The first kappa shape index (κ1) is 90.4. The lowest BCUT2D eigenvalue weighted by atomic mass is 9.75. The Morgan fingerprint density at radius 3 is 0.761 bits per heavy atom. The molecule has 4 aliphatic rings. The number of aryl methyl sites for hydroxylation is 12. The van der Waals surface area contributed by atoms with Gasteiger partial charge in [0.15, 0.2) is 46.6 Å². The molecule has 0 saturated heterocycles. The van der Waals surface area contributed by atoms with Gasteiger partial charge in [-0.1, -0.05) is 48.6 Å². The molecule has 8 aromatic heterocycles. The molecule has 0 spiro atoms. The number of halogens is 8. The van der Waals surface area contributed by atoms with Crippen LogP contribution < -0.4 is 0 Å². The Balaban J connectivity index is 0.000000124. The van der Waals surface area contributed by atoms with Crippen molar-refractivity contribution in [2.75, 3.05) is 0 Å². The normalized spacial score (nSPS) is 17.9. The molecule has 20 rings (SSSR count). The van der Waals surface area contributed by atoms with Crippen LogP contribution in [0.3, 0.4) is 0 Å². The molecule has 676 valence electrons. The van der Waals surface area contributed by atoms with E-state index in [9.17, 15) is 55.9 Å². The van der Waals surface area contributed by atoms with Gasteiger partial charge in [0.1, 0.15) is 68.6 Å². The summed E-state index contributed by atoms with van der Waals surface area (Å²) in [4.78, 5) is 35.3. The van der Waals surface area contributed by atoms with Crippen molar-refractivity contribution < 1.29 is 45.3 Å². The number of rotatable bonds is 16. The van der Waals surface area contributed by atoms with Crippen molar-refractivity contribution in [1.29, 1.82) is 10.5 Å². The molecule has 0 unspecified atom stereocenters. The maximum Gasteiger partial charge on any atom is 0.174 e. The van der Waals surface area contributed by atoms with E-state index in [2.05, 4.69) is 96.7 Å². The Labute approximate surface area is 765 Å². The molecule has 8 aromatic carbocycles. The minimum Gasteiger partial charge on any atom is -0.377 e. The van der Waals surface area contributed by atoms with Crippen LogP contribution in [0, 0.1) is 125 Å². The van der Waals surface area contributed by atoms with Crippen LogP contribution >= 0.6 is 0 Å². The van der Waals surface area contributed by atoms with Crippen molar-refractivity contribution in [3.63, 3.8) is 0 Å². The van der Waals surface area contributed by atoms with Crippen molar-refractivity contribution in [2.24, 2.45) is 0 Å². The summed E-state index contributed by atoms with van der Waals surface area (Å²) >= 11 is 0. The van der Waals surface area contributed by atoms with E-state index in [4.69, 9.17) is 0 Å². The summed E-state index contributed by atoms with van der Waals surface area (Å²) in [7, 11) is 0. The summed E-state index contributed by atoms with van der Waals surface area (Å²) in [5, 5.41) is 60.9. The number of aromatic nitrogens is 20. The number of nitriles is 2. The van der Waals surface area contributed by atoms with Crippen molar-refractivity contribution in [1.82, 2.24) is 97.3 Å². The molecular formula is C102H90F8N22O2. The number of aliphatic hydroxyl groups is 2. The summed E-state index contributed by atoms with van der Waals surface area (Å²) in [6.45, 7) is 18.3. The van der Waals surface area contributed by atoms with Gasteiger partial charge in [0.2, 0.25) is 0 Å². The van der Waals surface area contributed by atoms with Crippen LogP contribution in [-0.2, 0) is 48.2 Å². The summed E-state index contributed by atoms with van der Waals surface area (Å²) < 4.78 is 125. The zero-order chi connectivity index (χ0) is 94.1. The van der Waals surface area contributed by atoms with Gasteiger partial charge in [-0.25, -0.2) is 93.7 Å². The zero-order valence-corrected chi connectivity index (χ0v) is 74.3. The molecule has 0 radical (unpaired) electrons. The predicted molar refractivity (Wildman–Crippen MR) is 489 cm³/mol. The van der Waals surface area contributed by atoms with E-state index in [-0.39, 0.29) is 22.3 Å². The molecule has 0 amide bonds. The van der Waals surface area contributed by atoms with Crippen molar-refractivity contribution >= 4 is 48.6 Å². The molecule has 24 nitrogen and oxygen atoms in total. The van der Waals surface area contributed by atoms with Crippen LogP contribution in [0.15, 0.2) is 196 Å². The monoisotopic (exact) mass is 1810 g/mol. The molecule has 2 N–H and O–H groups in total. The van der Waals surface area contributed by atoms with E-state index in [0.717, 1.165) is 139 Å². The lowest BCUT2D eigenvalue weighted by molar-refractivity contribution is 0.0387. The Morgan fingerprint density at radius 1 is 0.299 bits per heavy atom. The Kier molecular flexibility index (Phi) is 25.2. The predicted octanol–water partition coefficient (Wildman–Crippen LogP) is 19.4. The standard InChI is InChI=1S/2C26H22F2N6.2C25H23F2N5O/c2*1-17-10-19(4-6-23(17)33-14-18(2)30-16-33)5-7-24-31-25-26(15-29,8-3-9-34(25)32-24)20-11-21(27)13-22(28)12-20;2*1-16-10-18(4-6-22(16)31-14-17(2)28-15-31)5-7-23-29-24-25(33,8-3-9-32(24)30-23)19-11-20(26)13-21(27)12-19/h2*4-7,10-14,16H,3,8-9H2,1-2H3;2*4-7,10-15,33H,3,8-9H2,1-2H3/b4*7-5+/t2*26-;2*25-/m1010/s1. The van der Waals surface area contributed by atoms with Gasteiger partial charge in [0, 0.05) is 98.0 Å². The fourth-order valence-corrected chi connectivity index (χ4v) is 17.8. The number of fused-ring (bicyclic) bond motifs is 4. The lowest BCUT2D eigenvalue weighted by Crippen LogP contribution is -2.35. The topological polar surface area (TPSA) is 282 Å². The fraction of sp³-hybridized carbons (Fsp3) is 0.235. The molecule has 0 bridgehead atoms. The average Bonchev–Trinajstić information content (AvgIpc) is 1.64. The van der Waals surface area contributed by atoms with E-state index in [1.807, 2.05) is 171 Å². The van der Waals surface area contributed by atoms with Gasteiger partial charge < -0.3 is 28.5 Å². The molecule has 134 heavy (non-hydrogen) atoms. The Bertz CT molecular complexity index is 6880.